The van der Waals surface area contributed by atoms with E-state index < -0.39 is 5.91 Å². The zero-order valence-corrected chi connectivity index (χ0v) is 11.8. The molecule has 2 heterocycles. The lowest BCUT2D eigenvalue weighted by atomic mass is 10.2. The molecule has 0 aliphatic heterocycles. The number of carbonyl (C=O) groups excluding carboxylic acids is 1. The Hall–Kier alpha value is -2.93. The van der Waals surface area contributed by atoms with Gasteiger partial charge in [0.1, 0.15) is 0 Å². The average Bonchev–Trinajstić information content (AvgIpc) is 3.24. The van der Waals surface area contributed by atoms with Crippen molar-refractivity contribution in [3.63, 3.8) is 0 Å². The topological polar surface area (TPSA) is 99.0 Å². The highest BCUT2D eigenvalue weighted by atomic mass is 16.5. The third-order valence-corrected chi connectivity index (χ3v) is 3.08. The standard InChI is InChI=1S/C15H15N5O2/c16-7-8-17-14(21)15-18-13(19-22-15)11-3-5-12(6-4-11)20-9-1-2-10-20/h1-6,9-10H,7-8,16H2,(H,17,21). The van der Waals surface area contributed by atoms with Crippen LogP contribution in [0, 0.1) is 0 Å². The number of nitrogens with one attached hydrogen (secondary N) is 1. The van der Waals surface area contributed by atoms with Crippen molar-refractivity contribution in [1.82, 2.24) is 20.0 Å². The van der Waals surface area contributed by atoms with Gasteiger partial charge in [-0.15, -0.1) is 0 Å². The highest BCUT2D eigenvalue weighted by Gasteiger charge is 2.15. The van der Waals surface area contributed by atoms with Gasteiger partial charge < -0.3 is 20.1 Å². The summed E-state index contributed by atoms with van der Waals surface area (Å²) in [6.45, 7) is 0.718. The summed E-state index contributed by atoms with van der Waals surface area (Å²) in [5, 5.41) is 6.40. The van der Waals surface area contributed by atoms with E-state index in [1.807, 2.05) is 53.4 Å². The normalized spacial score (nSPS) is 10.6. The molecule has 22 heavy (non-hydrogen) atoms. The van der Waals surface area contributed by atoms with Gasteiger partial charge in [0.15, 0.2) is 0 Å². The molecule has 7 heteroatoms. The maximum atomic E-state index is 11.7. The predicted octanol–water partition coefficient (Wildman–Crippen LogP) is 1.22. The molecule has 3 N–H and O–H groups in total. The average molecular weight is 297 g/mol. The molecule has 3 rings (SSSR count). The highest BCUT2D eigenvalue weighted by molar-refractivity contribution is 5.89. The lowest BCUT2D eigenvalue weighted by molar-refractivity contribution is 0.0911. The van der Waals surface area contributed by atoms with Gasteiger partial charge in [0.2, 0.25) is 5.82 Å². The molecule has 112 valence electrons. The van der Waals surface area contributed by atoms with E-state index in [1.54, 1.807) is 0 Å². The van der Waals surface area contributed by atoms with Crippen LogP contribution in [0.5, 0.6) is 0 Å². The van der Waals surface area contributed by atoms with Gasteiger partial charge in [-0.25, -0.2) is 0 Å². The Morgan fingerprint density at radius 3 is 2.64 bits per heavy atom. The van der Waals surface area contributed by atoms with Crippen LogP contribution in [-0.4, -0.2) is 33.7 Å². The number of hydrogen-bond acceptors (Lipinski definition) is 5. The third kappa shape index (κ3) is 2.89. The molecule has 0 spiro atoms. The van der Waals surface area contributed by atoms with Crippen LogP contribution in [0.2, 0.25) is 0 Å². The third-order valence-electron chi connectivity index (χ3n) is 3.08. The number of carbonyl (C=O) groups is 1. The quantitative estimate of drug-likeness (QED) is 0.737. The monoisotopic (exact) mass is 297 g/mol. The maximum absolute atomic E-state index is 11.7. The molecule has 0 aliphatic rings. The number of rotatable bonds is 5. The summed E-state index contributed by atoms with van der Waals surface area (Å²) in [5.74, 6) is -0.122. The Labute approximate surface area is 126 Å². The number of aromatic nitrogens is 3. The van der Waals surface area contributed by atoms with Crippen LogP contribution in [0.4, 0.5) is 0 Å². The van der Waals surface area contributed by atoms with Gasteiger partial charge in [0.05, 0.1) is 0 Å². The second-order valence-electron chi connectivity index (χ2n) is 4.60. The van der Waals surface area contributed by atoms with Gasteiger partial charge in [-0.05, 0) is 36.4 Å². The first-order valence-corrected chi connectivity index (χ1v) is 6.83. The SMILES string of the molecule is NCCNC(=O)c1nc(-c2ccc(-n3cccc3)cc2)no1. The largest absolute Gasteiger partial charge is 0.347 e. The van der Waals surface area contributed by atoms with Crippen LogP contribution in [0.25, 0.3) is 17.1 Å². The Kier molecular flexibility index (Phi) is 3.97. The molecule has 1 amide bonds. The number of nitrogens with zero attached hydrogens (tertiary/aromatic N) is 3. The molecular weight excluding hydrogens is 282 g/mol. The van der Waals surface area contributed by atoms with E-state index in [9.17, 15) is 4.79 Å². The summed E-state index contributed by atoms with van der Waals surface area (Å²) in [7, 11) is 0. The number of benzene rings is 1. The van der Waals surface area contributed by atoms with E-state index in [2.05, 4.69) is 15.5 Å². The molecule has 0 radical (unpaired) electrons. The van der Waals surface area contributed by atoms with Crippen molar-refractivity contribution in [3.05, 3.63) is 54.7 Å². The summed E-state index contributed by atoms with van der Waals surface area (Å²) >= 11 is 0. The molecule has 0 unspecified atom stereocenters. The summed E-state index contributed by atoms with van der Waals surface area (Å²) < 4.78 is 6.95. The summed E-state index contributed by atoms with van der Waals surface area (Å²) in [5.41, 5.74) is 7.12. The van der Waals surface area contributed by atoms with Crippen LogP contribution >= 0.6 is 0 Å². The fourth-order valence-corrected chi connectivity index (χ4v) is 1.98. The number of amides is 1. The maximum Gasteiger partial charge on any atom is 0.316 e. The van der Waals surface area contributed by atoms with Crippen LogP contribution in [0.15, 0.2) is 53.3 Å². The minimum Gasteiger partial charge on any atom is -0.347 e. The summed E-state index contributed by atoms with van der Waals surface area (Å²) in [6.07, 6.45) is 3.92. The summed E-state index contributed by atoms with van der Waals surface area (Å²) in [6, 6.07) is 11.6. The Balaban J connectivity index is 1.77. The molecule has 0 aliphatic carbocycles. The molecular formula is C15H15N5O2. The zero-order valence-electron chi connectivity index (χ0n) is 11.8. The second-order valence-corrected chi connectivity index (χ2v) is 4.60. The Morgan fingerprint density at radius 2 is 1.95 bits per heavy atom. The Morgan fingerprint density at radius 1 is 1.23 bits per heavy atom. The van der Waals surface area contributed by atoms with Crippen molar-refractivity contribution in [3.8, 4) is 17.1 Å². The number of hydrogen-bond donors (Lipinski definition) is 2. The fraction of sp³-hybridized carbons (Fsp3) is 0.133. The molecule has 0 bridgehead atoms. The molecule has 0 saturated carbocycles. The molecule has 0 atom stereocenters. The van der Waals surface area contributed by atoms with Gasteiger partial charge in [0.25, 0.3) is 0 Å². The minimum atomic E-state index is -0.423. The van der Waals surface area contributed by atoms with Crippen molar-refractivity contribution in [2.75, 3.05) is 13.1 Å². The zero-order chi connectivity index (χ0) is 15.4. The second kappa shape index (κ2) is 6.23. The lowest BCUT2D eigenvalue weighted by Crippen LogP contribution is -2.29. The van der Waals surface area contributed by atoms with E-state index in [-0.39, 0.29) is 5.89 Å². The fourth-order valence-electron chi connectivity index (χ4n) is 1.98. The van der Waals surface area contributed by atoms with E-state index in [0.717, 1.165) is 11.3 Å². The first kappa shape index (κ1) is 14.0. The van der Waals surface area contributed by atoms with E-state index in [0.29, 0.717) is 18.9 Å². The van der Waals surface area contributed by atoms with Crippen molar-refractivity contribution in [2.45, 2.75) is 0 Å². The van der Waals surface area contributed by atoms with Gasteiger partial charge in [-0.1, -0.05) is 5.16 Å². The first-order valence-electron chi connectivity index (χ1n) is 6.83. The molecule has 3 aromatic rings. The van der Waals surface area contributed by atoms with E-state index in [1.165, 1.54) is 0 Å². The van der Waals surface area contributed by atoms with Crippen molar-refractivity contribution >= 4 is 5.91 Å². The molecule has 2 aromatic heterocycles. The first-order chi connectivity index (χ1) is 10.8. The van der Waals surface area contributed by atoms with Crippen LogP contribution < -0.4 is 11.1 Å². The van der Waals surface area contributed by atoms with Crippen molar-refractivity contribution < 1.29 is 9.32 Å². The molecule has 1 aromatic carbocycles. The van der Waals surface area contributed by atoms with Gasteiger partial charge in [-0.2, -0.15) is 4.98 Å². The Bertz CT molecular complexity index is 747. The van der Waals surface area contributed by atoms with Crippen molar-refractivity contribution in [1.29, 1.82) is 0 Å². The van der Waals surface area contributed by atoms with Gasteiger partial charge >= 0.3 is 11.8 Å². The van der Waals surface area contributed by atoms with Crippen molar-refractivity contribution in [2.24, 2.45) is 5.73 Å². The van der Waals surface area contributed by atoms with E-state index in [4.69, 9.17) is 10.3 Å². The van der Waals surface area contributed by atoms with Crippen LogP contribution in [0.3, 0.4) is 0 Å². The minimum absolute atomic E-state index is 0.0714. The van der Waals surface area contributed by atoms with Crippen LogP contribution in [0.1, 0.15) is 10.7 Å². The van der Waals surface area contributed by atoms with Gasteiger partial charge in [0, 0.05) is 36.7 Å². The highest BCUT2D eigenvalue weighted by Crippen LogP contribution is 2.18. The smallest absolute Gasteiger partial charge is 0.316 e. The lowest BCUT2D eigenvalue weighted by Gasteiger charge is -2.02. The molecule has 0 saturated heterocycles. The molecule has 0 fully saturated rings. The summed E-state index contributed by atoms with van der Waals surface area (Å²) in [4.78, 5) is 15.8. The predicted molar refractivity (Wildman–Crippen MR) is 80.4 cm³/mol. The van der Waals surface area contributed by atoms with Crippen LogP contribution in [-0.2, 0) is 0 Å². The number of nitrogens with two attached hydrogens (primary N) is 1. The molecule has 7 nitrogen and oxygen atoms in total. The van der Waals surface area contributed by atoms with E-state index >= 15 is 0 Å². The van der Waals surface area contributed by atoms with Gasteiger partial charge in [-0.3, -0.25) is 4.79 Å².